The van der Waals surface area contributed by atoms with Crippen molar-refractivity contribution in [1.29, 1.82) is 0 Å². The molecule has 1 N–H and O–H groups in total. The predicted molar refractivity (Wildman–Crippen MR) is 54.7 cm³/mol. The van der Waals surface area contributed by atoms with Gasteiger partial charge in [-0.2, -0.15) is 0 Å². The lowest BCUT2D eigenvalue weighted by Gasteiger charge is -2.01. The number of nitrogens with zero attached hydrogens (tertiary/aromatic N) is 1. The molecular formula is C8H10ClNO4S. The molecule has 0 amide bonds. The van der Waals surface area contributed by atoms with Crippen molar-refractivity contribution in [2.24, 2.45) is 0 Å². The second-order valence-electron chi connectivity index (χ2n) is 3.00. The zero-order valence-electron chi connectivity index (χ0n) is 7.97. The van der Waals surface area contributed by atoms with Crippen LogP contribution in [0.25, 0.3) is 0 Å². The summed E-state index contributed by atoms with van der Waals surface area (Å²) in [5.41, 5.74) is -0.0731. The Kier molecular flexibility index (Phi) is 3.41. The smallest absolute Gasteiger partial charge is 0.352 e. The summed E-state index contributed by atoms with van der Waals surface area (Å²) in [7, 11) is 1.25. The van der Waals surface area contributed by atoms with Gasteiger partial charge in [0.05, 0.1) is 0 Å². The normalized spacial score (nSPS) is 11.6. The van der Waals surface area contributed by atoms with Crippen molar-refractivity contribution in [2.45, 2.75) is 24.8 Å². The van der Waals surface area contributed by atoms with Gasteiger partial charge in [0.2, 0.25) is 0 Å². The summed E-state index contributed by atoms with van der Waals surface area (Å²) in [5.74, 6) is -1.17. The van der Waals surface area contributed by atoms with Gasteiger partial charge in [-0.15, -0.1) is 0 Å². The molecule has 0 bridgehead atoms. The van der Waals surface area contributed by atoms with Crippen molar-refractivity contribution < 1.29 is 18.3 Å². The Morgan fingerprint density at radius 2 is 2.20 bits per heavy atom. The molecule has 0 radical (unpaired) electrons. The Labute approximate surface area is 91.7 Å². The molecule has 5 nitrogen and oxygen atoms in total. The number of carbonyl (C=O) groups is 1. The highest BCUT2D eigenvalue weighted by atomic mass is 35.7. The fourth-order valence-electron chi connectivity index (χ4n) is 1.22. The zero-order chi connectivity index (χ0) is 11.6. The van der Waals surface area contributed by atoms with Gasteiger partial charge in [-0.05, 0) is 12.5 Å². The van der Waals surface area contributed by atoms with Gasteiger partial charge < -0.3 is 9.67 Å². The lowest BCUT2D eigenvalue weighted by molar-refractivity contribution is 0.0685. The van der Waals surface area contributed by atoms with Crippen LogP contribution in [-0.4, -0.2) is 24.1 Å². The number of hydrogen-bond donors (Lipinski definition) is 1. The lowest BCUT2D eigenvalue weighted by atomic mass is 10.4. The van der Waals surface area contributed by atoms with Crippen LogP contribution in [0.2, 0.25) is 0 Å². The molecule has 15 heavy (non-hydrogen) atoms. The maximum Gasteiger partial charge on any atom is 0.352 e. The van der Waals surface area contributed by atoms with E-state index in [2.05, 4.69) is 0 Å². The van der Waals surface area contributed by atoms with Gasteiger partial charge in [0.15, 0.2) is 0 Å². The molecule has 0 unspecified atom stereocenters. The molecule has 1 rings (SSSR count). The van der Waals surface area contributed by atoms with Crippen molar-refractivity contribution in [3.8, 4) is 0 Å². The maximum atomic E-state index is 11.0. The fourth-order valence-corrected chi connectivity index (χ4v) is 1.98. The number of aryl methyl sites for hydroxylation is 1. The van der Waals surface area contributed by atoms with Gasteiger partial charge in [-0.25, -0.2) is 13.2 Å². The van der Waals surface area contributed by atoms with Gasteiger partial charge >= 0.3 is 5.97 Å². The van der Waals surface area contributed by atoms with E-state index in [9.17, 15) is 13.2 Å². The molecule has 0 saturated carbocycles. The predicted octanol–water partition coefficient (Wildman–Crippen LogP) is 1.52. The molecule has 0 aliphatic carbocycles. The number of halogens is 1. The number of hydrogen-bond acceptors (Lipinski definition) is 3. The van der Waals surface area contributed by atoms with Crippen molar-refractivity contribution in [2.75, 3.05) is 0 Å². The second kappa shape index (κ2) is 4.24. The van der Waals surface area contributed by atoms with Gasteiger partial charge in [-0.1, -0.05) is 6.92 Å². The number of carboxylic acid groups (broad SMARTS) is 1. The highest BCUT2D eigenvalue weighted by molar-refractivity contribution is 8.13. The summed E-state index contributed by atoms with van der Waals surface area (Å²) >= 11 is 0. The van der Waals surface area contributed by atoms with Crippen LogP contribution in [0, 0.1) is 0 Å². The monoisotopic (exact) mass is 251 g/mol. The molecule has 0 spiro atoms. The average molecular weight is 252 g/mol. The van der Waals surface area contributed by atoms with Gasteiger partial charge in [0.25, 0.3) is 9.05 Å². The average Bonchev–Trinajstić information content (AvgIpc) is 2.48. The van der Waals surface area contributed by atoms with Crippen LogP contribution in [0.4, 0.5) is 0 Å². The van der Waals surface area contributed by atoms with Crippen LogP contribution in [0.3, 0.4) is 0 Å². The molecule has 0 fully saturated rings. The molecule has 0 aliphatic rings. The van der Waals surface area contributed by atoms with Crippen LogP contribution in [-0.2, 0) is 15.6 Å². The molecule has 7 heteroatoms. The summed E-state index contributed by atoms with van der Waals surface area (Å²) in [4.78, 5) is 10.6. The van der Waals surface area contributed by atoms with Crippen LogP contribution in [0.5, 0.6) is 0 Å². The van der Waals surface area contributed by atoms with E-state index in [0.717, 1.165) is 6.07 Å². The van der Waals surface area contributed by atoms with E-state index < -0.39 is 15.0 Å². The Balaban J connectivity index is 3.27. The Bertz CT molecular complexity index is 477. The molecule has 0 saturated heterocycles. The van der Waals surface area contributed by atoms with Gasteiger partial charge in [-0.3, -0.25) is 0 Å². The number of aromatic nitrogens is 1. The van der Waals surface area contributed by atoms with Crippen LogP contribution >= 0.6 is 10.7 Å². The van der Waals surface area contributed by atoms with E-state index in [1.165, 1.54) is 10.8 Å². The van der Waals surface area contributed by atoms with Crippen molar-refractivity contribution >= 4 is 25.7 Å². The topological polar surface area (TPSA) is 76.4 Å². The third-order valence-electron chi connectivity index (χ3n) is 1.84. The summed E-state index contributed by atoms with van der Waals surface area (Å²) in [5, 5.41) is 8.81. The molecule has 0 aliphatic heterocycles. The highest BCUT2D eigenvalue weighted by Crippen LogP contribution is 2.18. The lowest BCUT2D eigenvalue weighted by Crippen LogP contribution is -2.06. The third kappa shape index (κ3) is 2.73. The second-order valence-corrected chi connectivity index (χ2v) is 5.56. The quantitative estimate of drug-likeness (QED) is 0.824. The first-order chi connectivity index (χ1) is 6.86. The summed E-state index contributed by atoms with van der Waals surface area (Å²) in [6, 6.07) is 1.06. The molecule has 1 aromatic heterocycles. The summed E-state index contributed by atoms with van der Waals surface area (Å²) in [6.07, 6.45) is 1.94. The van der Waals surface area contributed by atoms with E-state index in [4.69, 9.17) is 15.8 Å². The fraction of sp³-hybridized carbons (Fsp3) is 0.375. The van der Waals surface area contributed by atoms with E-state index in [1.54, 1.807) is 0 Å². The Hall–Kier alpha value is -1.01. The minimum atomic E-state index is -3.87. The number of carboxylic acids is 1. The number of aromatic carboxylic acids is 1. The minimum Gasteiger partial charge on any atom is -0.477 e. The van der Waals surface area contributed by atoms with E-state index in [0.29, 0.717) is 13.0 Å². The van der Waals surface area contributed by atoms with Crippen molar-refractivity contribution in [1.82, 2.24) is 4.57 Å². The minimum absolute atomic E-state index is 0.0731. The Morgan fingerprint density at radius 3 is 2.60 bits per heavy atom. The van der Waals surface area contributed by atoms with Crippen LogP contribution in [0.1, 0.15) is 23.8 Å². The largest absolute Gasteiger partial charge is 0.477 e. The molecule has 0 aromatic carbocycles. The first kappa shape index (κ1) is 12.1. The summed E-state index contributed by atoms with van der Waals surface area (Å²) in [6.45, 7) is 2.30. The van der Waals surface area contributed by atoms with Gasteiger partial charge in [0.1, 0.15) is 10.6 Å². The van der Waals surface area contributed by atoms with E-state index >= 15 is 0 Å². The molecule has 84 valence electrons. The van der Waals surface area contributed by atoms with E-state index in [-0.39, 0.29) is 10.6 Å². The standard InChI is InChI=1S/C8H10ClNO4S/c1-2-3-10-5-6(15(9,13)14)4-7(10)8(11)12/h4-5H,2-3H2,1H3,(H,11,12). The highest BCUT2D eigenvalue weighted by Gasteiger charge is 2.18. The number of rotatable bonds is 4. The van der Waals surface area contributed by atoms with Crippen LogP contribution < -0.4 is 0 Å². The molecule has 1 aromatic rings. The molecular weight excluding hydrogens is 242 g/mol. The van der Waals surface area contributed by atoms with E-state index in [1.807, 2.05) is 6.92 Å². The van der Waals surface area contributed by atoms with Crippen molar-refractivity contribution in [3.63, 3.8) is 0 Å². The SMILES string of the molecule is CCCn1cc(S(=O)(=O)Cl)cc1C(=O)O. The first-order valence-corrected chi connectivity index (χ1v) is 6.55. The van der Waals surface area contributed by atoms with Crippen LogP contribution in [0.15, 0.2) is 17.2 Å². The molecule has 0 atom stereocenters. The van der Waals surface area contributed by atoms with Crippen molar-refractivity contribution in [3.05, 3.63) is 18.0 Å². The first-order valence-electron chi connectivity index (χ1n) is 4.24. The zero-order valence-corrected chi connectivity index (χ0v) is 9.55. The molecule has 1 heterocycles. The summed E-state index contributed by atoms with van der Waals surface area (Å²) < 4.78 is 23.3. The Morgan fingerprint density at radius 1 is 1.60 bits per heavy atom. The third-order valence-corrected chi connectivity index (χ3v) is 3.16. The maximum absolute atomic E-state index is 11.0. The van der Waals surface area contributed by atoms with Gasteiger partial charge in [0, 0.05) is 23.4 Å².